The van der Waals surface area contributed by atoms with E-state index >= 15 is 0 Å². The monoisotopic (exact) mass is 271 g/mol. The van der Waals surface area contributed by atoms with Crippen molar-refractivity contribution < 1.29 is 9.47 Å². The lowest BCUT2D eigenvalue weighted by Gasteiger charge is -2.13. The fourth-order valence-electron chi connectivity index (χ4n) is 1.46. The number of rotatable bonds is 8. The number of nitrogens with one attached hydrogen (secondary N) is 1. The molecule has 0 radical (unpaired) electrons. The van der Waals surface area contributed by atoms with Crippen molar-refractivity contribution in [2.75, 3.05) is 20.3 Å². The van der Waals surface area contributed by atoms with Crippen LogP contribution in [0.4, 0.5) is 0 Å². The van der Waals surface area contributed by atoms with Crippen molar-refractivity contribution >= 4 is 11.6 Å². The van der Waals surface area contributed by atoms with Gasteiger partial charge in [0.15, 0.2) is 0 Å². The summed E-state index contributed by atoms with van der Waals surface area (Å²) in [7, 11) is 1.66. The van der Waals surface area contributed by atoms with E-state index in [0.29, 0.717) is 17.4 Å². The Balaban J connectivity index is 2.51. The smallest absolute Gasteiger partial charge is 0.138 e. The van der Waals surface area contributed by atoms with Crippen LogP contribution in [0.1, 0.15) is 25.8 Å². The van der Waals surface area contributed by atoms with E-state index in [1.54, 1.807) is 7.11 Å². The van der Waals surface area contributed by atoms with Gasteiger partial charge in [0.05, 0.1) is 11.1 Å². The van der Waals surface area contributed by atoms with Crippen LogP contribution < -0.4 is 10.1 Å². The van der Waals surface area contributed by atoms with Crippen LogP contribution in [0.2, 0.25) is 5.02 Å². The van der Waals surface area contributed by atoms with Gasteiger partial charge in [-0.25, -0.2) is 0 Å². The average Bonchev–Trinajstić information content (AvgIpc) is 2.37. The van der Waals surface area contributed by atoms with Gasteiger partial charge in [-0.2, -0.15) is 0 Å². The van der Waals surface area contributed by atoms with Crippen molar-refractivity contribution in [3.8, 4) is 5.75 Å². The van der Waals surface area contributed by atoms with Crippen LogP contribution in [-0.2, 0) is 11.3 Å². The number of hydrogen-bond donors (Lipinski definition) is 1. The molecule has 0 heterocycles. The van der Waals surface area contributed by atoms with Gasteiger partial charge >= 0.3 is 0 Å². The Morgan fingerprint density at radius 3 is 2.78 bits per heavy atom. The number of methoxy groups -OCH3 is 1. The first kappa shape index (κ1) is 15.3. The highest BCUT2D eigenvalue weighted by Crippen LogP contribution is 2.25. The van der Waals surface area contributed by atoms with Crippen molar-refractivity contribution in [3.05, 3.63) is 28.8 Å². The number of ether oxygens (including phenoxy) is 2. The Kier molecular flexibility index (Phi) is 7.09. The second kappa shape index (κ2) is 8.35. The topological polar surface area (TPSA) is 30.5 Å². The van der Waals surface area contributed by atoms with E-state index in [9.17, 15) is 0 Å². The maximum atomic E-state index is 6.18. The molecule has 1 N–H and O–H groups in total. The van der Waals surface area contributed by atoms with Gasteiger partial charge in [0.1, 0.15) is 12.4 Å². The van der Waals surface area contributed by atoms with Crippen molar-refractivity contribution in [1.82, 2.24) is 5.32 Å². The minimum Gasteiger partial charge on any atom is -0.489 e. The van der Waals surface area contributed by atoms with Gasteiger partial charge in [-0.05, 0) is 37.6 Å². The first-order valence-electron chi connectivity index (χ1n) is 6.32. The second-order valence-electron chi connectivity index (χ2n) is 4.30. The average molecular weight is 272 g/mol. The lowest BCUT2D eigenvalue weighted by Crippen LogP contribution is -2.16. The van der Waals surface area contributed by atoms with Crippen LogP contribution in [0.5, 0.6) is 5.75 Å². The predicted octanol–water partition coefficient (Wildman–Crippen LogP) is 3.25. The van der Waals surface area contributed by atoms with Crippen molar-refractivity contribution in [3.63, 3.8) is 0 Å². The Morgan fingerprint density at radius 2 is 2.17 bits per heavy atom. The first-order valence-corrected chi connectivity index (χ1v) is 6.70. The van der Waals surface area contributed by atoms with Crippen LogP contribution in [0, 0.1) is 0 Å². The molecule has 0 amide bonds. The van der Waals surface area contributed by atoms with Gasteiger partial charge < -0.3 is 14.8 Å². The molecule has 1 rings (SSSR count). The molecule has 0 saturated heterocycles. The van der Waals surface area contributed by atoms with Gasteiger partial charge in [-0.3, -0.25) is 0 Å². The van der Waals surface area contributed by atoms with Gasteiger partial charge in [-0.1, -0.05) is 24.6 Å². The predicted molar refractivity (Wildman–Crippen MR) is 75.4 cm³/mol. The zero-order valence-electron chi connectivity index (χ0n) is 11.3. The van der Waals surface area contributed by atoms with E-state index in [4.69, 9.17) is 21.1 Å². The molecular formula is C14H22ClNO2. The van der Waals surface area contributed by atoms with E-state index in [1.807, 2.05) is 25.1 Å². The van der Waals surface area contributed by atoms with E-state index in [1.165, 1.54) is 5.56 Å². The maximum Gasteiger partial charge on any atom is 0.138 e. The highest BCUT2D eigenvalue weighted by molar-refractivity contribution is 6.32. The Hall–Kier alpha value is -0.770. The Morgan fingerprint density at radius 1 is 1.39 bits per heavy atom. The molecule has 1 aromatic rings. The van der Waals surface area contributed by atoms with Gasteiger partial charge in [0.25, 0.3) is 0 Å². The molecule has 0 fully saturated rings. The molecular weight excluding hydrogens is 250 g/mol. The first-order chi connectivity index (χ1) is 8.67. The SMILES string of the molecule is CCCNCc1ccc(OCC(C)OC)c(Cl)c1. The molecule has 102 valence electrons. The standard InChI is InChI=1S/C14H22ClNO2/c1-4-7-16-9-12-5-6-14(13(15)8-12)18-10-11(2)17-3/h5-6,8,11,16H,4,7,9-10H2,1-3H3. The molecule has 0 aliphatic rings. The lowest BCUT2D eigenvalue weighted by molar-refractivity contribution is 0.0717. The minimum atomic E-state index is 0.0620. The minimum absolute atomic E-state index is 0.0620. The fraction of sp³-hybridized carbons (Fsp3) is 0.571. The van der Waals surface area contributed by atoms with Gasteiger partial charge in [-0.15, -0.1) is 0 Å². The largest absolute Gasteiger partial charge is 0.489 e. The molecule has 3 nitrogen and oxygen atoms in total. The van der Waals surface area contributed by atoms with Crippen molar-refractivity contribution in [2.45, 2.75) is 32.9 Å². The quantitative estimate of drug-likeness (QED) is 0.736. The normalized spacial score (nSPS) is 12.4. The van der Waals surface area contributed by atoms with Gasteiger partial charge in [0.2, 0.25) is 0 Å². The molecule has 0 aliphatic carbocycles. The fourth-order valence-corrected chi connectivity index (χ4v) is 1.71. The molecule has 4 heteroatoms. The summed E-state index contributed by atoms with van der Waals surface area (Å²) in [6, 6.07) is 5.88. The Labute approximate surface area is 114 Å². The third-order valence-electron chi connectivity index (χ3n) is 2.63. The summed E-state index contributed by atoms with van der Waals surface area (Å²) in [5, 5.41) is 3.99. The summed E-state index contributed by atoms with van der Waals surface area (Å²) < 4.78 is 10.7. The summed E-state index contributed by atoms with van der Waals surface area (Å²) in [5.74, 6) is 0.708. The molecule has 1 aromatic carbocycles. The number of hydrogen-bond acceptors (Lipinski definition) is 3. The summed E-state index contributed by atoms with van der Waals surface area (Å²) in [6.07, 6.45) is 1.19. The highest BCUT2D eigenvalue weighted by atomic mass is 35.5. The van der Waals surface area contributed by atoms with Crippen molar-refractivity contribution in [2.24, 2.45) is 0 Å². The number of benzene rings is 1. The van der Waals surface area contributed by atoms with E-state index in [0.717, 1.165) is 19.5 Å². The van der Waals surface area contributed by atoms with Crippen molar-refractivity contribution in [1.29, 1.82) is 0 Å². The molecule has 0 spiro atoms. The van der Waals surface area contributed by atoms with Crippen LogP contribution in [0.15, 0.2) is 18.2 Å². The maximum absolute atomic E-state index is 6.18. The molecule has 1 unspecified atom stereocenters. The van der Waals surface area contributed by atoms with E-state index in [2.05, 4.69) is 12.2 Å². The zero-order chi connectivity index (χ0) is 13.4. The highest BCUT2D eigenvalue weighted by Gasteiger charge is 2.05. The summed E-state index contributed by atoms with van der Waals surface area (Å²) in [4.78, 5) is 0. The number of halogens is 1. The molecule has 18 heavy (non-hydrogen) atoms. The van der Waals surface area contributed by atoms with E-state index in [-0.39, 0.29) is 6.10 Å². The van der Waals surface area contributed by atoms with Crippen LogP contribution >= 0.6 is 11.6 Å². The van der Waals surface area contributed by atoms with Gasteiger partial charge in [0, 0.05) is 13.7 Å². The van der Waals surface area contributed by atoms with E-state index < -0.39 is 0 Å². The lowest BCUT2D eigenvalue weighted by atomic mass is 10.2. The molecule has 0 saturated carbocycles. The Bertz CT molecular complexity index is 358. The summed E-state index contributed by atoms with van der Waals surface area (Å²) >= 11 is 6.18. The molecule has 1 atom stereocenters. The third-order valence-corrected chi connectivity index (χ3v) is 2.92. The zero-order valence-corrected chi connectivity index (χ0v) is 12.1. The van der Waals surface area contributed by atoms with Crippen LogP contribution in [-0.4, -0.2) is 26.4 Å². The summed E-state index contributed by atoms with van der Waals surface area (Å²) in [6.45, 7) is 6.46. The molecule has 0 aromatic heterocycles. The third kappa shape index (κ3) is 5.25. The summed E-state index contributed by atoms with van der Waals surface area (Å²) in [5.41, 5.74) is 1.17. The molecule has 0 bridgehead atoms. The second-order valence-corrected chi connectivity index (χ2v) is 4.71. The van der Waals surface area contributed by atoms with Crippen LogP contribution in [0.25, 0.3) is 0 Å². The van der Waals surface area contributed by atoms with Crippen LogP contribution in [0.3, 0.4) is 0 Å². The molecule has 0 aliphatic heterocycles.